The highest BCUT2D eigenvalue weighted by Gasteiger charge is 2.62. The van der Waals surface area contributed by atoms with Crippen molar-refractivity contribution in [1.82, 2.24) is 5.32 Å². The van der Waals surface area contributed by atoms with E-state index >= 15 is 0 Å². The Morgan fingerprint density at radius 3 is 2.54 bits per heavy atom. The molecule has 1 saturated carbocycles. The van der Waals surface area contributed by atoms with Gasteiger partial charge in [-0.2, -0.15) is 5.26 Å². The van der Waals surface area contributed by atoms with E-state index in [2.05, 4.69) is 16.7 Å². The van der Waals surface area contributed by atoms with Crippen LogP contribution in [0.25, 0.3) is 0 Å². The summed E-state index contributed by atoms with van der Waals surface area (Å²) in [6.07, 6.45) is 1.46. The third-order valence-electron chi connectivity index (χ3n) is 8.25. The molecule has 3 aliphatic rings. The van der Waals surface area contributed by atoms with Crippen LogP contribution in [0.5, 0.6) is 5.75 Å². The monoisotopic (exact) mass is 563 g/mol. The van der Waals surface area contributed by atoms with Crippen LogP contribution in [-0.2, 0) is 15.0 Å². The maximum atomic E-state index is 14.6. The molecule has 3 aromatic rings. The van der Waals surface area contributed by atoms with Gasteiger partial charge in [0.2, 0.25) is 11.8 Å². The lowest BCUT2D eigenvalue weighted by molar-refractivity contribution is -0.131. The van der Waals surface area contributed by atoms with Gasteiger partial charge in [-0.3, -0.25) is 9.59 Å². The molecular weight excluding hydrogens is 540 g/mol. The van der Waals surface area contributed by atoms with Gasteiger partial charge in [-0.1, -0.05) is 35.3 Å². The molecule has 39 heavy (non-hydrogen) atoms. The zero-order valence-electron chi connectivity index (χ0n) is 21.0. The summed E-state index contributed by atoms with van der Waals surface area (Å²) >= 11 is 12.8. The van der Waals surface area contributed by atoms with Gasteiger partial charge < -0.3 is 15.4 Å². The van der Waals surface area contributed by atoms with E-state index in [1.54, 1.807) is 42.5 Å². The van der Waals surface area contributed by atoms with Crippen molar-refractivity contribution in [2.24, 2.45) is 5.41 Å². The summed E-state index contributed by atoms with van der Waals surface area (Å²) in [5.41, 5.74) is 1.05. The van der Waals surface area contributed by atoms with Crippen molar-refractivity contribution >= 4 is 40.7 Å². The van der Waals surface area contributed by atoms with Crippen molar-refractivity contribution in [2.45, 2.75) is 43.6 Å². The molecule has 1 spiro atoms. The molecular formula is C30H24Cl2FN3O3. The first-order valence-electron chi connectivity index (χ1n) is 12.7. The fourth-order valence-electron chi connectivity index (χ4n) is 6.02. The predicted molar refractivity (Wildman–Crippen MR) is 145 cm³/mol. The van der Waals surface area contributed by atoms with Crippen molar-refractivity contribution in [3.05, 3.63) is 92.7 Å². The number of nitrogens with zero attached hydrogens (tertiary/aromatic N) is 1. The van der Waals surface area contributed by atoms with Gasteiger partial charge >= 0.3 is 0 Å². The van der Waals surface area contributed by atoms with Gasteiger partial charge in [0.25, 0.3) is 0 Å². The van der Waals surface area contributed by atoms with E-state index in [-0.39, 0.29) is 24.8 Å². The average molecular weight is 564 g/mol. The Hall–Kier alpha value is -3.60. The Balaban J connectivity index is 1.59. The molecule has 9 heteroatoms. The van der Waals surface area contributed by atoms with Crippen molar-refractivity contribution in [1.29, 1.82) is 5.26 Å². The Kier molecular flexibility index (Phi) is 6.09. The quantitative estimate of drug-likeness (QED) is 0.378. The molecule has 1 saturated heterocycles. The summed E-state index contributed by atoms with van der Waals surface area (Å²) in [5.74, 6) is -1.40. The number of benzene rings is 3. The number of halogens is 3. The predicted octanol–water partition coefficient (Wildman–Crippen LogP) is 6.36. The van der Waals surface area contributed by atoms with Crippen LogP contribution in [0.3, 0.4) is 0 Å². The van der Waals surface area contributed by atoms with Gasteiger partial charge in [0.05, 0.1) is 17.5 Å². The molecule has 1 unspecified atom stereocenters. The van der Waals surface area contributed by atoms with E-state index in [0.717, 1.165) is 18.4 Å². The van der Waals surface area contributed by atoms with Crippen LogP contribution >= 0.6 is 23.2 Å². The van der Waals surface area contributed by atoms with Gasteiger partial charge in [0.1, 0.15) is 23.6 Å². The summed E-state index contributed by atoms with van der Waals surface area (Å²) in [4.78, 5) is 27.6. The van der Waals surface area contributed by atoms with Crippen LogP contribution in [0.15, 0.2) is 54.6 Å². The lowest BCUT2D eigenvalue weighted by atomic mass is 9.59. The molecule has 0 aromatic heterocycles. The van der Waals surface area contributed by atoms with Crippen LogP contribution in [0.2, 0.25) is 10.0 Å². The first kappa shape index (κ1) is 25.7. The normalized spacial score (nSPS) is 24.5. The number of ether oxygens (including phenoxy) is 1. The third kappa shape index (κ3) is 4.14. The molecule has 3 aromatic carbocycles. The number of nitrogens with one attached hydrogen (secondary N) is 2. The summed E-state index contributed by atoms with van der Waals surface area (Å²) in [6.45, 7) is 2.01. The van der Waals surface area contributed by atoms with E-state index in [1.807, 2.05) is 6.92 Å². The highest BCUT2D eigenvalue weighted by molar-refractivity contribution is 6.31. The number of nitriles is 1. The van der Waals surface area contributed by atoms with E-state index in [1.165, 1.54) is 12.1 Å². The van der Waals surface area contributed by atoms with Crippen molar-refractivity contribution < 1.29 is 18.7 Å². The Morgan fingerprint density at radius 2 is 1.79 bits per heavy atom. The minimum Gasteiger partial charge on any atom is -0.492 e. The molecule has 0 bridgehead atoms. The zero-order valence-corrected chi connectivity index (χ0v) is 22.5. The summed E-state index contributed by atoms with van der Waals surface area (Å²) in [6, 6.07) is 16.0. The lowest BCUT2D eigenvalue weighted by Crippen LogP contribution is -2.57. The van der Waals surface area contributed by atoms with E-state index in [0.29, 0.717) is 38.2 Å². The first-order valence-corrected chi connectivity index (χ1v) is 13.4. The second-order valence-corrected chi connectivity index (χ2v) is 11.5. The number of anilines is 1. The molecule has 1 aliphatic carbocycles. The molecule has 0 radical (unpaired) electrons. The van der Waals surface area contributed by atoms with Gasteiger partial charge in [-0.05, 0) is 78.9 Å². The van der Waals surface area contributed by atoms with Crippen LogP contribution in [0, 0.1) is 29.5 Å². The van der Waals surface area contributed by atoms with Crippen LogP contribution in [0.1, 0.15) is 53.5 Å². The summed E-state index contributed by atoms with van der Waals surface area (Å²) in [7, 11) is 0. The van der Waals surface area contributed by atoms with E-state index in [9.17, 15) is 19.2 Å². The number of amides is 2. The number of carbonyl (C=O) groups is 2. The third-order valence-corrected chi connectivity index (χ3v) is 8.72. The summed E-state index contributed by atoms with van der Waals surface area (Å²) < 4.78 is 20.8. The highest BCUT2D eigenvalue weighted by Crippen LogP contribution is 2.59. The first-order chi connectivity index (χ1) is 18.7. The molecule has 6 nitrogen and oxygen atoms in total. The van der Waals surface area contributed by atoms with Crippen LogP contribution < -0.4 is 15.4 Å². The van der Waals surface area contributed by atoms with E-state index < -0.39 is 28.6 Å². The number of rotatable bonds is 5. The number of piperidine rings is 1. The molecule has 2 fully saturated rings. The van der Waals surface area contributed by atoms with Gasteiger partial charge in [0, 0.05) is 33.6 Å². The molecule has 3 atom stereocenters. The molecule has 2 N–H and O–H groups in total. The lowest BCUT2D eigenvalue weighted by Gasteiger charge is -2.47. The molecule has 2 aliphatic heterocycles. The van der Waals surface area contributed by atoms with Crippen molar-refractivity contribution in [3.63, 3.8) is 0 Å². The van der Waals surface area contributed by atoms with Crippen molar-refractivity contribution in [3.8, 4) is 11.8 Å². The Morgan fingerprint density at radius 1 is 1.05 bits per heavy atom. The Labute approximate surface area is 235 Å². The standard InChI is InChI=1S/C30H24Cl2FN3O3/c1-16-2-5-19(33)12-20(16)27-30(22-6-3-18(32)11-24(22)35-28(30)38)23(13-26(37)36-27)21-10-17(31)4-7-25(21)39-15-29(14-34)8-9-29/h2-7,10-12,23,27H,8-9,13,15H2,1H3,(H,35,38)(H,36,37)/t23-,27+,30?/m1/s1. The molecule has 6 rings (SSSR count). The molecule has 2 heterocycles. The van der Waals surface area contributed by atoms with Crippen LogP contribution in [0.4, 0.5) is 10.1 Å². The molecule has 2 amide bonds. The van der Waals surface area contributed by atoms with Crippen LogP contribution in [-0.4, -0.2) is 18.4 Å². The topological polar surface area (TPSA) is 91.2 Å². The number of hydrogen-bond acceptors (Lipinski definition) is 4. The largest absolute Gasteiger partial charge is 0.492 e. The maximum Gasteiger partial charge on any atom is 0.238 e. The minimum atomic E-state index is -1.37. The Bertz CT molecular complexity index is 1580. The van der Waals surface area contributed by atoms with Gasteiger partial charge in [0.15, 0.2) is 0 Å². The van der Waals surface area contributed by atoms with E-state index in [4.69, 9.17) is 27.9 Å². The maximum absolute atomic E-state index is 14.6. The number of hydrogen-bond donors (Lipinski definition) is 2. The smallest absolute Gasteiger partial charge is 0.238 e. The van der Waals surface area contributed by atoms with Gasteiger partial charge in [-0.15, -0.1) is 0 Å². The zero-order chi connectivity index (χ0) is 27.5. The fraction of sp³-hybridized carbons (Fsp3) is 0.300. The number of aryl methyl sites for hydroxylation is 1. The second kappa shape index (κ2) is 9.25. The fourth-order valence-corrected chi connectivity index (χ4v) is 6.37. The SMILES string of the molecule is Cc1ccc(F)cc1[C@@H]1NC(=O)C[C@H](c2cc(Cl)ccc2OCC2(C#N)CC2)C12C(=O)Nc1cc(Cl)ccc12. The van der Waals surface area contributed by atoms with Crippen molar-refractivity contribution in [2.75, 3.05) is 11.9 Å². The number of carbonyl (C=O) groups excluding carboxylic acids is 2. The highest BCUT2D eigenvalue weighted by atomic mass is 35.5. The number of fused-ring (bicyclic) bond motifs is 2. The van der Waals surface area contributed by atoms with Gasteiger partial charge in [-0.25, -0.2) is 4.39 Å². The average Bonchev–Trinajstić information content (AvgIpc) is 3.64. The molecule has 198 valence electrons. The minimum absolute atomic E-state index is 0.0412. The second-order valence-electron chi connectivity index (χ2n) is 10.6. The summed E-state index contributed by atoms with van der Waals surface area (Å²) in [5, 5.41) is 16.4.